The van der Waals surface area contributed by atoms with Gasteiger partial charge in [-0.25, -0.2) is 18.4 Å². The smallest absolute Gasteiger partial charge is 0.263 e. The molecule has 21 heavy (non-hydrogen) atoms. The Balaban J connectivity index is 2.40. The van der Waals surface area contributed by atoms with Crippen LogP contribution in [0.5, 0.6) is 0 Å². The third-order valence-electron chi connectivity index (χ3n) is 2.30. The molecule has 0 saturated heterocycles. The van der Waals surface area contributed by atoms with Crippen LogP contribution in [0.1, 0.15) is 0 Å². The molecular weight excluding hydrogens is 343 g/mol. The van der Waals surface area contributed by atoms with Gasteiger partial charge in [0.2, 0.25) is 0 Å². The third kappa shape index (κ3) is 3.57. The predicted molar refractivity (Wildman–Crippen MR) is 76.0 cm³/mol. The molecular formula is C10H6Cl2N4O4S. The maximum atomic E-state index is 12.1. The number of aromatic nitrogens is 2. The van der Waals surface area contributed by atoms with Crippen LogP contribution < -0.4 is 4.72 Å². The first-order chi connectivity index (χ1) is 9.79. The molecule has 1 aromatic heterocycles. The molecule has 0 spiro atoms. The Labute approximate surface area is 128 Å². The van der Waals surface area contributed by atoms with Gasteiger partial charge in [0.15, 0.2) is 0 Å². The van der Waals surface area contributed by atoms with Gasteiger partial charge in [-0.3, -0.25) is 14.8 Å². The Hall–Kier alpha value is -1.97. The number of nitro benzene ring substituents is 1. The van der Waals surface area contributed by atoms with Gasteiger partial charge in [-0.15, -0.1) is 0 Å². The topological polar surface area (TPSA) is 115 Å². The van der Waals surface area contributed by atoms with E-state index in [1.54, 1.807) is 0 Å². The van der Waals surface area contributed by atoms with Crippen molar-refractivity contribution in [3.8, 4) is 0 Å². The van der Waals surface area contributed by atoms with E-state index in [2.05, 4.69) is 14.7 Å². The SMILES string of the molecule is O=[N+]([O-])c1cc(S(=O)(=O)Nc2cc(Cl)ncn2)ccc1Cl. The lowest BCUT2D eigenvalue weighted by atomic mass is 10.3. The monoisotopic (exact) mass is 348 g/mol. The maximum Gasteiger partial charge on any atom is 0.289 e. The second kappa shape index (κ2) is 5.80. The lowest BCUT2D eigenvalue weighted by molar-refractivity contribution is -0.384. The van der Waals surface area contributed by atoms with Gasteiger partial charge in [-0.1, -0.05) is 23.2 Å². The fourth-order valence-electron chi connectivity index (χ4n) is 1.39. The Bertz CT molecular complexity index is 812. The van der Waals surface area contributed by atoms with Gasteiger partial charge in [0.05, 0.1) is 9.82 Å². The number of nitro groups is 1. The summed E-state index contributed by atoms with van der Waals surface area (Å²) in [6, 6.07) is 4.32. The molecule has 2 aromatic rings. The second-order valence-corrected chi connectivity index (χ2v) is 6.18. The van der Waals surface area contributed by atoms with Gasteiger partial charge in [-0.05, 0) is 12.1 Å². The highest BCUT2D eigenvalue weighted by Crippen LogP contribution is 2.27. The van der Waals surface area contributed by atoms with Crippen LogP contribution in [0.2, 0.25) is 10.2 Å². The summed E-state index contributed by atoms with van der Waals surface area (Å²) in [6.45, 7) is 0. The van der Waals surface area contributed by atoms with Crippen LogP contribution >= 0.6 is 23.2 Å². The van der Waals surface area contributed by atoms with Crippen molar-refractivity contribution in [2.24, 2.45) is 0 Å². The lowest BCUT2D eigenvalue weighted by Crippen LogP contribution is -2.14. The summed E-state index contributed by atoms with van der Waals surface area (Å²) in [7, 11) is -4.06. The van der Waals surface area contributed by atoms with Gasteiger partial charge in [-0.2, -0.15) is 0 Å². The highest BCUT2D eigenvalue weighted by atomic mass is 35.5. The fraction of sp³-hybridized carbons (Fsp3) is 0. The first kappa shape index (κ1) is 15.4. The average molecular weight is 349 g/mol. The minimum atomic E-state index is -4.06. The van der Waals surface area contributed by atoms with Crippen molar-refractivity contribution >= 4 is 44.7 Å². The van der Waals surface area contributed by atoms with Crippen molar-refractivity contribution in [1.82, 2.24) is 9.97 Å². The van der Waals surface area contributed by atoms with E-state index in [0.29, 0.717) is 0 Å². The lowest BCUT2D eigenvalue weighted by Gasteiger charge is -2.07. The van der Waals surface area contributed by atoms with E-state index < -0.39 is 20.6 Å². The minimum absolute atomic E-state index is 0.0461. The molecule has 0 amide bonds. The number of sulfonamides is 1. The molecule has 11 heteroatoms. The number of benzene rings is 1. The van der Waals surface area contributed by atoms with Crippen LogP contribution in [0.25, 0.3) is 0 Å². The maximum absolute atomic E-state index is 12.1. The van der Waals surface area contributed by atoms with Crippen molar-refractivity contribution in [3.63, 3.8) is 0 Å². The molecule has 0 radical (unpaired) electrons. The number of nitrogens with zero attached hydrogens (tertiary/aromatic N) is 3. The van der Waals surface area contributed by atoms with E-state index in [0.717, 1.165) is 24.5 Å². The molecule has 0 atom stereocenters. The summed E-state index contributed by atoms with van der Waals surface area (Å²) < 4.78 is 26.4. The Morgan fingerprint density at radius 2 is 1.90 bits per heavy atom. The number of halogens is 2. The fourth-order valence-corrected chi connectivity index (χ4v) is 2.74. The van der Waals surface area contributed by atoms with E-state index in [9.17, 15) is 18.5 Å². The Morgan fingerprint density at radius 3 is 2.52 bits per heavy atom. The van der Waals surface area contributed by atoms with Crippen molar-refractivity contribution in [1.29, 1.82) is 0 Å². The van der Waals surface area contributed by atoms with E-state index in [1.807, 2.05) is 0 Å². The van der Waals surface area contributed by atoms with Crippen molar-refractivity contribution in [3.05, 3.63) is 50.9 Å². The van der Waals surface area contributed by atoms with Gasteiger partial charge in [0.1, 0.15) is 22.3 Å². The number of anilines is 1. The molecule has 110 valence electrons. The van der Waals surface area contributed by atoms with Gasteiger partial charge >= 0.3 is 0 Å². The number of hydrogen-bond donors (Lipinski definition) is 1. The second-order valence-electron chi connectivity index (χ2n) is 3.70. The van der Waals surface area contributed by atoms with Crippen molar-refractivity contribution in [2.45, 2.75) is 4.90 Å². The average Bonchev–Trinajstić information content (AvgIpc) is 2.38. The Kier molecular flexibility index (Phi) is 4.26. The van der Waals surface area contributed by atoms with E-state index >= 15 is 0 Å². The summed E-state index contributed by atoms with van der Waals surface area (Å²) in [5, 5.41) is 10.7. The van der Waals surface area contributed by atoms with E-state index in [1.165, 1.54) is 6.07 Å². The molecule has 8 nitrogen and oxygen atoms in total. The summed E-state index contributed by atoms with van der Waals surface area (Å²) in [5.74, 6) is -0.0624. The molecule has 0 saturated carbocycles. The molecule has 1 N–H and O–H groups in total. The van der Waals surface area contributed by atoms with Crippen LogP contribution in [0, 0.1) is 10.1 Å². The summed E-state index contributed by atoms with van der Waals surface area (Å²) in [6.07, 6.45) is 1.07. The van der Waals surface area contributed by atoms with E-state index in [4.69, 9.17) is 23.2 Å². The molecule has 0 aliphatic rings. The molecule has 0 aliphatic heterocycles. The zero-order valence-corrected chi connectivity index (χ0v) is 12.4. The first-order valence-corrected chi connectivity index (χ1v) is 7.48. The number of hydrogen-bond acceptors (Lipinski definition) is 6. The quantitative estimate of drug-likeness (QED) is 0.515. The third-order valence-corrected chi connectivity index (χ3v) is 4.18. The summed E-state index contributed by atoms with van der Waals surface area (Å²) in [5.41, 5.74) is -0.514. The van der Waals surface area contributed by atoms with Crippen molar-refractivity contribution < 1.29 is 13.3 Å². The zero-order valence-electron chi connectivity index (χ0n) is 10.0. The van der Waals surface area contributed by atoms with Gasteiger partial charge in [0, 0.05) is 12.1 Å². The predicted octanol–water partition coefficient (Wildman–Crippen LogP) is 2.49. The molecule has 1 heterocycles. The van der Waals surface area contributed by atoms with Crippen LogP contribution in [-0.2, 0) is 10.0 Å². The summed E-state index contributed by atoms with van der Waals surface area (Å²) >= 11 is 11.2. The molecule has 0 aliphatic carbocycles. The van der Waals surface area contributed by atoms with Gasteiger partial charge < -0.3 is 0 Å². The number of nitrogens with one attached hydrogen (secondary N) is 1. The first-order valence-electron chi connectivity index (χ1n) is 5.24. The molecule has 1 aromatic carbocycles. The molecule has 0 bridgehead atoms. The largest absolute Gasteiger partial charge is 0.289 e. The molecule has 2 rings (SSSR count). The van der Waals surface area contributed by atoms with E-state index in [-0.39, 0.29) is 20.9 Å². The Morgan fingerprint density at radius 1 is 1.19 bits per heavy atom. The standard InChI is InChI=1S/C10H6Cl2N4O4S/c11-7-2-1-6(3-8(7)16(17)18)21(19,20)15-10-4-9(12)13-5-14-10/h1-5H,(H,13,14,15). The van der Waals surface area contributed by atoms with Crippen LogP contribution in [0.15, 0.2) is 35.5 Å². The molecule has 0 fully saturated rings. The highest BCUT2D eigenvalue weighted by molar-refractivity contribution is 7.92. The van der Waals surface area contributed by atoms with Crippen LogP contribution in [0.4, 0.5) is 11.5 Å². The summed E-state index contributed by atoms with van der Waals surface area (Å²) in [4.78, 5) is 17.0. The number of rotatable bonds is 4. The van der Waals surface area contributed by atoms with Crippen LogP contribution in [0.3, 0.4) is 0 Å². The molecule has 0 unspecified atom stereocenters. The van der Waals surface area contributed by atoms with Crippen LogP contribution in [-0.4, -0.2) is 23.3 Å². The minimum Gasteiger partial charge on any atom is -0.263 e. The van der Waals surface area contributed by atoms with Gasteiger partial charge in [0.25, 0.3) is 15.7 Å². The zero-order chi connectivity index (χ0) is 15.6. The highest BCUT2D eigenvalue weighted by Gasteiger charge is 2.21. The van der Waals surface area contributed by atoms with Crippen molar-refractivity contribution in [2.75, 3.05) is 4.72 Å². The normalized spacial score (nSPS) is 11.1.